The predicted octanol–water partition coefficient (Wildman–Crippen LogP) is 1.80. The van der Waals surface area contributed by atoms with E-state index in [1.165, 1.54) is 0 Å². The molecule has 2 rings (SSSR count). The molecule has 15 heavy (non-hydrogen) atoms. The molecule has 1 aromatic carbocycles. The highest BCUT2D eigenvalue weighted by Crippen LogP contribution is 2.17. The molecule has 0 saturated carbocycles. The molecule has 1 aliphatic carbocycles. The van der Waals surface area contributed by atoms with Crippen LogP contribution in [0.1, 0.15) is 5.56 Å². The summed E-state index contributed by atoms with van der Waals surface area (Å²) in [7, 11) is 1.85. The standard InChI is InChI=1S/C13H13NO/c1-14-12-7-8-13(15)11(12)9-10-5-3-2-4-6-10/h2-9,12,14H,1H3/b11-9+. The molecule has 0 aliphatic heterocycles. The van der Waals surface area contributed by atoms with Gasteiger partial charge < -0.3 is 5.32 Å². The smallest absolute Gasteiger partial charge is 0.183 e. The molecule has 0 radical (unpaired) electrons. The van der Waals surface area contributed by atoms with Crippen molar-refractivity contribution < 1.29 is 4.79 Å². The van der Waals surface area contributed by atoms with Gasteiger partial charge in [0.1, 0.15) is 0 Å². The summed E-state index contributed by atoms with van der Waals surface area (Å²) < 4.78 is 0. The molecule has 0 amide bonds. The first-order valence-electron chi connectivity index (χ1n) is 4.97. The molecule has 0 spiro atoms. The van der Waals surface area contributed by atoms with Crippen molar-refractivity contribution in [3.63, 3.8) is 0 Å². The minimum atomic E-state index is 0.0534. The Labute approximate surface area is 89.3 Å². The maximum absolute atomic E-state index is 11.6. The lowest BCUT2D eigenvalue weighted by Gasteiger charge is -2.08. The van der Waals surface area contributed by atoms with Crippen molar-refractivity contribution in [3.8, 4) is 0 Å². The van der Waals surface area contributed by atoms with Crippen LogP contribution >= 0.6 is 0 Å². The average Bonchev–Trinajstić information content (AvgIpc) is 2.62. The summed E-state index contributed by atoms with van der Waals surface area (Å²) >= 11 is 0. The van der Waals surface area contributed by atoms with Gasteiger partial charge in [-0.3, -0.25) is 4.79 Å². The molecule has 2 heteroatoms. The summed E-state index contributed by atoms with van der Waals surface area (Å²) in [5.74, 6) is 0.0956. The molecule has 0 heterocycles. The molecule has 2 nitrogen and oxygen atoms in total. The third kappa shape index (κ3) is 2.05. The Morgan fingerprint density at radius 3 is 2.67 bits per heavy atom. The highest BCUT2D eigenvalue weighted by Gasteiger charge is 2.20. The molecular weight excluding hydrogens is 186 g/mol. The lowest BCUT2D eigenvalue weighted by atomic mass is 10.1. The normalized spacial score (nSPS) is 22.6. The highest BCUT2D eigenvalue weighted by atomic mass is 16.1. The quantitative estimate of drug-likeness (QED) is 0.736. The minimum absolute atomic E-state index is 0.0534. The lowest BCUT2D eigenvalue weighted by molar-refractivity contribution is -0.111. The molecule has 1 atom stereocenters. The zero-order valence-corrected chi connectivity index (χ0v) is 8.60. The maximum Gasteiger partial charge on any atom is 0.183 e. The molecule has 76 valence electrons. The Hall–Kier alpha value is -1.67. The second-order valence-electron chi connectivity index (χ2n) is 3.50. The monoisotopic (exact) mass is 199 g/mol. The highest BCUT2D eigenvalue weighted by molar-refractivity contribution is 6.11. The van der Waals surface area contributed by atoms with Gasteiger partial charge in [0.05, 0.1) is 6.04 Å². The number of nitrogens with one attached hydrogen (secondary N) is 1. The third-order valence-corrected chi connectivity index (χ3v) is 2.49. The number of allylic oxidation sites excluding steroid dienone is 1. The van der Waals surface area contributed by atoms with Crippen LogP contribution < -0.4 is 5.32 Å². The number of hydrogen-bond donors (Lipinski definition) is 1. The van der Waals surface area contributed by atoms with Crippen LogP contribution in [-0.4, -0.2) is 18.9 Å². The van der Waals surface area contributed by atoms with Crippen molar-refractivity contribution in [1.82, 2.24) is 5.32 Å². The van der Waals surface area contributed by atoms with E-state index >= 15 is 0 Å². The molecule has 0 aromatic heterocycles. The van der Waals surface area contributed by atoms with Crippen molar-refractivity contribution >= 4 is 11.9 Å². The Morgan fingerprint density at radius 2 is 2.00 bits per heavy atom. The summed E-state index contributed by atoms with van der Waals surface area (Å²) in [6.07, 6.45) is 5.44. The Kier molecular flexibility index (Phi) is 2.79. The van der Waals surface area contributed by atoms with Crippen LogP contribution in [0.5, 0.6) is 0 Å². The van der Waals surface area contributed by atoms with E-state index in [4.69, 9.17) is 0 Å². The number of benzene rings is 1. The van der Waals surface area contributed by atoms with E-state index in [9.17, 15) is 4.79 Å². The van der Waals surface area contributed by atoms with Gasteiger partial charge in [-0.05, 0) is 24.8 Å². The molecule has 1 aromatic rings. The van der Waals surface area contributed by atoms with Crippen LogP contribution in [0.25, 0.3) is 6.08 Å². The molecule has 0 saturated heterocycles. The van der Waals surface area contributed by atoms with Crippen LogP contribution in [-0.2, 0) is 4.79 Å². The van der Waals surface area contributed by atoms with Crippen molar-refractivity contribution in [2.45, 2.75) is 6.04 Å². The second kappa shape index (κ2) is 4.24. The topological polar surface area (TPSA) is 29.1 Å². The van der Waals surface area contributed by atoms with Gasteiger partial charge in [0.2, 0.25) is 0 Å². The second-order valence-corrected chi connectivity index (χ2v) is 3.50. The zero-order chi connectivity index (χ0) is 10.7. The molecule has 0 fully saturated rings. The summed E-state index contributed by atoms with van der Waals surface area (Å²) in [6.45, 7) is 0. The number of hydrogen-bond acceptors (Lipinski definition) is 2. The first kappa shape index (κ1) is 9.87. The average molecular weight is 199 g/mol. The van der Waals surface area contributed by atoms with Crippen LogP contribution in [0.3, 0.4) is 0 Å². The van der Waals surface area contributed by atoms with Crippen molar-refractivity contribution in [1.29, 1.82) is 0 Å². The van der Waals surface area contributed by atoms with Gasteiger partial charge in [-0.15, -0.1) is 0 Å². The van der Waals surface area contributed by atoms with Crippen molar-refractivity contribution in [3.05, 3.63) is 53.6 Å². The largest absolute Gasteiger partial charge is 0.310 e. The van der Waals surface area contributed by atoms with E-state index in [-0.39, 0.29) is 11.8 Å². The summed E-state index contributed by atoms with van der Waals surface area (Å²) in [4.78, 5) is 11.6. The van der Waals surface area contributed by atoms with Crippen molar-refractivity contribution in [2.75, 3.05) is 7.05 Å². The van der Waals surface area contributed by atoms with Gasteiger partial charge in [-0.1, -0.05) is 36.4 Å². The summed E-state index contributed by atoms with van der Waals surface area (Å²) in [5.41, 5.74) is 1.87. The zero-order valence-electron chi connectivity index (χ0n) is 8.60. The van der Waals surface area contributed by atoms with Gasteiger partial charge in [0, 0.05) is 5.57 Å². The predicted molar refractivity (Wildman–Crippen MR) is 61.4 cm³/mol. The first-order chi connectivity index (χ1) is 7.31. The van der Waals surface area contributed by atoms with E-state index in [2.05, 4.69) is 5.32 Å². The summed E-state index contributed by atoms with van der Waals surface area (Å²) in [5, 5.41) is 3.09. The van der Waals surface area contributed by atoms with Gasteiger partial charge >= 0.3 is 0 Å². The molecule has 1 unspecified atom stereocenters. The fraction of sp³-hybridized carbons (Fsp3) is 0.154. The third-order valence-electron chi connectivity index (χ3n) is 2.49. The van der Waals surface area contributed by atoms with Crippen LogP contribution in [0.4, 0.5) is 0 Å². The van der Waals surface area contributed by atoms with Crippen LogP contribution in [0.2, 0.25) is 0 Å². The number of rotatable bonds is 2. The fourth-order valence-electron chi connectivity index (χ4n) is 1.68. The van der Waals surface area contributed by atoms with E-state index < -0.39 is 0 Å². The van der Waals surface area contributed by atoms with Crippen LogP contribution in [0, 0.1) is 0 Å². The van der Waals surface area contributed by atoms with Gasteiger partial charge in [0.15, 0.2) is 5.78 Å². The van der Waals surface area contributed by atoms with Gasteiger partial charge in [-0.25, -0.2) is 0 Å². The molecular formula is C13H13NO. The fourth-order valence-corrected chi connectivity index (χ4v) is 1.68. The maximum atomic E-state index is 11.6. The number of ketones is 1. The Balaban J connectivity index is 2.31. The Morgan fingerprint density at radius 1 is 1.27 bits per heavy atom. The molecule has 0 bridgehead atoms. The van der Waals surface area contributed by atoms with Gasteiger partial charge in [0.25, 0.3) is 0 Å². The van der Waals surface area contributed by atoms with E-state index in [0.29, 0.717) is 0 Å². The SMILES string of the molecule is CNC1C=CC(=O)/C1=C/c1ccccc1. The number of likely N-dealkylation sites (N-methyl/N-ethyl adjacent to an activating group) is 1. The number of carbonyl (C=O) groups is 1. The van der Waals surface area contributed by atoms with E-state index in [0.717, 1.165) is 11.1 Å². The Bertz CT molecular complexity index is 417. The van der Waals surface area contributed by atoms with E-state index in [1.54, 1.807) is 6.08 Å². The number of carbonyl (C=O) groups excluding carboxylic acids is 1. The summed E-state index contributed by atoms with van der Waals surface area (Å²) in [6, 6.07) is 9.93. The van der Waals surface area contributed by atoms with Crippen LogP contribution in [0.15, 0.2) is 48.1 Å². The minimum Gasteiger partial charge on any atom is -0.310 e. The first-order valence-corrected chi connectivity index (χ1v) is 4.97. The van der Waals surface area contributed by atoms with E-state index in [1.807, 2.05) is 49.5 Å². The molecule has 1 aliphatic rings. The van der Waals surface area contributed by atoms with Crippen molar-refractivity contribution in [2.24, 2.45) is 0 Å². The van der Waals surface area contributed by atoms with Gasteiger partial charge in [-0.2, -0.15) is 0 Å². The molecule has 1 N–H and O–H groups in total. The lowest BCUT2D eigenvalue weighted by Crippen LogP contribution is -2.24.